The van der Waals surface area contributed by atoms with Gasteiger partial charge in [0.05, 0.1) is 29.0 Å². The smallest absolute Gasteiger partial charge is 0.382 e. The molecule has 4 aromatic rings. The zero-order valence-corrected chi connectivity index (χ0v) is 20.0. The van der Waals surface area contributed by atoms with Crippen LogP contribution < -0.4 is 5.73 Å². The summed E-state index contributed by atoms with van der Waals surface area (Å²) in [6.07, 6.45) is -2.37. The molecule has 0 aliphatic rings. The Balaban J connectivity index is 1.66. The molecule has 198 valence electrons. The van der Waals surface area contributed by atoms with E-state index in [1.165, 1.54) is 13.0 Å². The molecule has 0 unspecified atom stereocenters. The van der Waals surface area contributed by atoms with Crippen molar-refractivity contribution < 1.29 is 34.8 Å². The van der Waals surface area contributed by atoms with E-state index in [1.807, 2.05) is 0 Å². The number of amidine groups is 1. The van der Waals surface area contributed by atoms with Gasteiger partial charge in [0.15, 0.2) is 0 Å². The number of rotatable bonds is 6. The van der Waals surface area contributed by atoms with Crippen LogP contribution in [0.25, 0.3) is 11.1 Å². The number of alkyl halides is 3. The van der Waals surface area contributed by atoms with Crippen LogP contribution in [0.3, 0.4) is 0 Å². The van der Waals surface area contributed by atoms with Gasteiger partial charge in [-0.25, -0.2) is 35.5 Å². The fourth-order valence-corrected chi connectivity index (χ4v) is 4.95. The van der Waals surface area contributed by atoms with Gasteiger partial charge in [0.25, 0.3) is 10.0 Å². The molecule has 38 heavy (non-hydrogen) atoms. The van der Waals surface area contributed by atoms with Crippen LogP contribution in [-0.4, -0.2) is 33.2 Å². The highest BCUT2D eigenvalue weighted by Gasteiger charge is 2.34. The second kappa shape index (κ2) is 9.89. The molecule has 0 saturated heterocycles. The first-order valence-electron chi connectivity index (χ1n) is 10.5. The third kappa shape index (κ3) is 5.22. The van der Waals surface area contributed by atoms with E-state index in [1.54, 1.807) is 0 Å². The van der Waals surface area contributed by atoms with Crippen LogP contribution in [0.1, 0.15) is 22.9 Å². The molecule has 0 amide bonds. The standard InChI is InChI=1S/C23H16F6N6O2S/c1-12-18(25)7-20(35(12)38(36,37)16-4-2-14(24)3-5-16)21(30)32-10-15-6-17(19(26)11-31-15)13-8-33-22(34-9-13)23(27,28)29/h2-9,11H,10H2,1H3,(H2,30,32). The fourth-order valence-electron chi connectivity index (χ4n) is 3.41. The van der Waals surface area contributed by atoms with Gasteiger partial charge in [-0.3, -0.25) is 9.98 Å². The lowest BCUT2D eigenvalue weighted by atomic mass is 10.1. The van der Waals surface area contributed by atoms with E-state index in [0.29, 0.717) is 3.97 Å². The Morgan fingerprint density at radius 1 is 0.974 bits per heavy atom. The van der Waals surface area contributed by atoms with Gasteiger partial charge in [0, 0.05) is 29.6 Å². The van der Waals surface area contributed by atoms with Gasteiger partial charge in [-0.1, -0.05) is 0 Å². The monoisotopic (exact) mass is 554 g/mol. The van der Waals surface area contributed by atoms with Gasteiger partial charge in [0.1, 0.15) is 29.0 Å². The van der Waals surface area contributed by atoms with Crippen LogP contribution in [0.4, 0.5) is 26.3 Å². The SMILES string of the molecule is Cc1c(F)cc(C(N)=NCc2cc(-c3cnc(C(F)(F)F)nc3)c(F)cn2)n1S(=O)(=O)c1ccc(F)cc1. The zero-order valence-electron chi connectivity index (χ0n) is 19.2. The van der Waals surface area contributed by atoms with Gasteiger partial charge in [-0.2, -0.15) is 13.2 Å². The van der Waals surface area contributed by atoms with Crippen molar-refractivity contribution in [1.29, 1.82) is 0 Å². The lowest BCUT2D eigenvalue weighted by Crippen LogP contribution is -2.24. The van der Waals surface area contributed by atoms with E-state index < -0.39 is 45.3 Å². The molecule has 0 atom stereocenters. The first-order valence-corrected chi connectivity index (χ1v) is 12.0. The molecule has 4 rings (SSSR count). The Labute approximate surface area is 211 Å². The minimum absolute atomic E-state index is 0.0620. The maximum Gasteiger partial charge on any atom is 0.451 e. The van der Waals surface area contributed by atoms with Crippen molar-refractivity contribution in [2.75, 3.05) is 0 Å². The van der Waals surface area contributed by atoms with Crippen LogP contribution >= 0.6 is 0 Å². The largest absolute Gasteiger partial charge is 0.451 e. The molecule has 8 nitrogen and oxygen atoms in total. The number of hydrogen-bond donors (Lipinski definition) is 1. The number of aliphatic imine (C=N–C) groups is 1. The topological polar surface area (TPSA) is 116 Å². The number of aromatic nitrogens is 4. The molecular formula is C23H16F6N6O2S. The maximum atomic E-state index is 14.4. The molecule has 1 aromatic carbocycles. The van der Waals surface area contributed by atoms with Crippen LogP contribution in [-0.2, 0) is 22.7 Å². The van der Waals surface area contributed by atoms with E-state index in [0.717, 1.165) is 48.9 Å². The molecule has 3 aromatic heterocycles. The molecule has 15 heteroatoms. The number of nitrogens with two attached hydrogens (primary N) is 1. The summed E-state index contributed by atoms with van der Waals surface area (Å²) < 4.78 is 107. The highest BCUT2D eigenvalue weighted by Crippen LogP contribution is 2.28. The van der Waals surface area contributed by atoms with Crippen LogP contribution in [0.2, 0.25) is 0 Å². The quantitative estimate of drug-likeness (QED) is 0.217. The summed E-state index contributed by atoms with van der Waals surface area (Å²) in [4.78, 5) is 13.9. The maximum absolute atomic E-state index is 14.4. The second-order valence-electron chi connectivity index (χ2n) is 7.84. The van der Waals surface area contributed by atoms with E-state index in [4.69, 9.17) is 5.73 Å². The highest BCUT2D eigenvalue weighted by molar-refractivity contribution is 7.90. The Kier molecular flexibility index (Phi) is 6.97. The van der Waals surface area contributed by atoms with Crippen molar-refractivity contribution in [3.8, 4) is 11.1 Å². The molecular weight excluding hydrogens is 538 g/mol. The van der Waals surface area contributed by atoms with Crippen LogP contribution in [0, 0.1) is 24.4 Å². The second-order valence-corrected chi connectivity index (χ2v) is 9.62. The Morgan fingerprint density at radius 3 is 2.21 bits per heavy atom. The fraction of sp³-hybridized carbons (Fsp3) is 0.130. The molecule has 3 heterocycles. The van der Waals surface area contributed by atoms with Crippen molar-refractivity contribution in [3.63, 3.8) is 0 Å². The predicted molar refractivity (Wildman–Crippen MR) is 123 cm³/mol. The summed E-state index contributed by atoms with van der Waals surface area (Å²) in [6.45, 7) is 0.871. The number of nitrogens with zero attached hydrogens (tertiary/aromatic N) is 5. The molecule has 0 bridgehead atoms. The third-order valence-corrected chi connectivity index (χ3v) is 7.11. The van der Waals surface area contributed by atoms with E-state index in [-0.39, 0.29) is 39.6 Å². The minimum atomic E-state index is -4.77. The molecule has 0 fully saturated rings. The van der Waals surface area contributed by atoms with Gasteiger partial charge >= 0.3 is 6.18 Å². The number of halogens is 6. The number of benzene rings is 1. The lowest BCUT2D eigenvalue weighted by Gasteiger charge is -2.12. The molecule has 0 spiro atoms. The van der Waals surface area contributed by atoms with Crippen molar-refractivity contribution in [2.24, 2.45) is 10.7 Å². The first kappa shape index (κ1) is 26.8. The first-order chi connectivity index (χ1) is 17.8. The number of hydrogen-bond acceptors (Lipinski definition) is 6. The van der Waals surface area contributed by atoms with Gasteiger partial charge in [-0.05, 0) is 37.3 Å². The third-order valence-electron chi connectivity index (χ3n) is 5.29. The average Bonchev–Trinajstić information content (AvgIpc) is 3.18. The Bertz CT molecular complexity index is 1630. The lowest BCUT2D eigenvalue weighted by molar-refractivity contribution is -0.144. The summed E-state index contributed by atoms with van der Waals surface area (Å²) in [5.41, 5.74) is 5.23. The summed E-state index contributed by atoms with van der Waals surface area (Å²) in [6, 6.07) is 5.91. The van der Waals surface area contributed by atoms with Crippen molar-refractivity contribution in [2.45, 2.75) is 24.5 Å². The van der Waals surface area contributed by atoms with Crippen molar-refractivity contribution in [1.82, 2.24) is 18.9 Å². The summed E-state index contributed by atoms with van der Waals surface area (Å²) >= 11 is 0. The minimum Gasteiger partial charge on any atom is -0.382 e. The van der Waals surface area contributed by atoms with Crippen molar-refractivity contribution >= 4 is 15.9 Å². The molecule has 0 aliphatic carbocycles. The van der Waals surface area contributed by atoms with Gasteiger partial charge in [0.2, 0.25) is 5.82 Å². The Hall–Kier alpha value is -4.27. The summed E-state index contributed by atoms with van der Waals surface area (Å²) in [5.74, 6) is -4.24. The van der Waals surface area contributed by atoms with Gasteiger partial charge < -0.3 is 5.73 Å². The zero-order chi connectivity index (χ0) is 27.8. The van der Waals surface area contributed by atoms with E-state index in [9.17, 15) is 34.8 Å². The van der Waals surface area contributed by atoms with Crippen molar-refractivity contribution in [3.05, 3.63) is 95.3 Å². The number of pyridine rings is 1. The molecule has 0 saturated carbocycles. The highest BCUT2D eigenvalue weighted by atomic mass is 32.2. The summed E-state index contributed by atoms with van der Waals surface area (Å²) in [7, 11) is -4.40. The predicted octanol–water partition coefficient (Wildman–Crippen LogP) is 4.23. The molecule has 0 aliphatic heterocycles. The van der Waals surface area contributed by atoms with Crippen LogP contribution in [0.5, 0.6) is 0 Å². The van der Waals surface area contributed by atoms with E-state index in [2.05, 4.69) is 19.9 Å². The summed E-state index contributed by atoms with van der Waals surface area (Å²) in [5, 5.41) is 0. The van der Waals surface area contributed by atoms with E-state index >= 15 is 0 Å². The van der Waals surface area contributed by atoms with Gasteiger partial charge in [-0.15, -0.1) is 0 Å². The Morgan fingerprint density at radius 2 is 1.61 bits per heavy atom. The normalized spacial score (nSPS) is 12.7. The van der Waals surface area contributed by atoms with Crippen LogP contribution in [0.15, 0.2) is 64.9 Å². The molecule has 2 N–H and O–H groups in total. The molecule has 0 radical (unpaired) electrons. The average molecular weight is 554 g/mol.